The summed E-state index contributed by atoms with van der Waals surface area (Å²) in [6, 6.07) is 0. The van der Waals surface area contributed by atoms with Crippen LogP contribution in [0.15, 0.2) is 0 Å². The molecule has 0 amide bonds. The molecule has 40 valence electrons. The summed E-state index contributed by atoms with van der Waals surface area (Å²) in [7, 11) is 8.04. The molecular formula is H2IS5-. The summed E-state index contributed by atoms with van der Waals surface area (Å²) in [5, 5.41) is -0.316. The Hall–Kier alpha value is 2.22. The molecule has 0 saturated carbocycles. The van der Waals surface area contributed by atoms with Gasteiger partial charge in [0.2, 0.25) is 0 Å². The fraction of sp³-hybridized carbons (Fsp3) is 0. The molecule has 0 fully saturated rings. The SMILES string of the molecule is S=[S-](=S)I(S)S. The summed E-state index contributed by atoms with van der Waals surface area (Å²) in [5.74, 6) is 0. The van der Waals surface area contributed by atoms with Crippen LogP contribution in [0.5, 0.6) is 0 Å². The van der Waals surface area contributed by atoms with Crippen LogP contribution in [0.2, 0.25) is 0 Å². The number of hydrogen-bond acceptors (Lipinski definition) is 5. The molecule has 0 aromatic carbocycles. The quantitative estimate of drug-likeness (QED) is 0.326. The summed E-state index contributed by atoms with van der Waals surface area (Å²) >= 11 is 7.99. The predicted molar refractivity (Wildman–Crippen MR) is 54.1 cm³/mol. The molecule has 0 saturated heterocycles. The van der Waals surface area contributed by atoms with E-state index in [4.69, 9.17) is 0 Å². The topological polar surface area (TPSA) is 0 Å². The first kappa shape index (κ1) is 8.22. The van der Waals surface area contributed by atoms with Crippen molar-refractivity contribution < 1.29 is 0 Å². The van der Waals surface area contributed by atoms with Gasteiger partial charge in [-0.05, 0) is 0 Å². The van der Waals surface area contributed by atoms with E-state index in [2.05, 4.69) is 42.0 Å². The molecule has 0 aliphatic carbocycles. The molecule has 0 aromatic rings. The summed E-state index contributed by atoms with van der Waals surface area (Å²) in [5.41, 5.74) is 0. The molecule has 0 nitrogen and oxygen atoms in total. The number of rotatable bonds is 1. The van der Waals surface area contributed by atoms with E-state index in [1.807, 2.05) is 0 Å². The van der Waals surface area contributed by atoms with Crippen LogP contribution >= 0.6 is 35.3 Å². The van der Waals surface area contributed by atoms with Crippen molar-refractivity contribution in [1.82, 2.24) is 0 Å². The standard InChI is InChI=1S/H2IS5/c2-1(3)6(4)5/h2-3H/q-1. The van der Waals surface area contributed by atoms with E-state index in [0.29, 0.717) is 0 Å². The molecule has 0 atom stereocenters. The Morgan fingerprint density at radius 3 is 1.50 bits per heavy atom. The molecule has 0 aliphatic rings. The molecule has 0 aliphatic heterocycles. The molecular weight excluding hydrogens is 287 g/mol. The molecule has 0 rings (SSSR count). The van der Waals surface area contributed by atoms with Gasteiger partial charge in [0, 0.05) is 0 Å². The molecule has 0 heterocycles. The van der Waals surface area contributed by atoms with Crippen molar-refractivity contribution in [3.63, 3.8) is 0 Å². The first-order valence-electron chi connectivity index (χ1n) is 0.826. The zero-order chi connectivity index (χ0) is 5.15. The van der Waals surface area contributed by atoms with Gasteiger partial charge in [0.05, 0.1) is 0 Å². The minimum atomic E-state index is -1.34. The van der Waals surface area contributed by atoms with Gasteiger partial charge in [-0.25, -0.2) is 0 Å². The van der Waals surface area contributed by atoms with E-state index in [0.717, 1.165) is 0 Å². The Bertz CT molecular complexity index is 80.1. The van der Waals surface area contributed by atoms with E-state index in [1.54, 1.807) is 0 Å². The van der Waals surface area contributed by atoms with Crippen molar-refractivity contribution in [2.75, 3.05) is 0 Å². The van der Waals surface area contributed by atoms with E-state index in [1.165, 1.54) is 0 Å². The summed E-state index contributed by atoms with van der Waals surface area (Å²) in [6.45, 7) is 0. The number of thiol groups is 2. The van der Waals surface area contributed by atoms with E-state index < -0.39 is 15.7 Å². The molecule has 0 aromatic heterocycles. The molecule has 6 heavy (non-hydrogen) atoms. The van der Waals surface area contributed by atoms with Gasteiger partial charge in [-0.2, -0.15) is 0 Å². The summed E-state index contributed by atoms with van der Waals surface area (Å²) in [6.07, 6.45) is 0. The van der Waals surface area contributed by atoms with E-state index >= 15 is 0 Å². The van der Waals surface area contributed by atoms with E-state index in [9.17, 15) is 0 Å². The zero-order valence-electron chi connectivity index (χ0n) is 2.50. The Morgan fingerprint density at radius 2 is 1.50 bits per heavy atom. The van der Waals surface area contributed by atoms with Gasteiger partial charge in [0.1, 0.15) is 0 Å². The second-order valence-electron chi connectivity index (χ2n) is 0.408. The van der Waals surface area contributed by atoms with E-state index in [-0.39, 0.29) is 5.18 Å². The molecule has 0 spiro atoms. The fourth-order valence-corrected chi connectivity index (χ4v) is 0. The Morgan fingerprint density at radius 1 is 1.33 bits per heavy atom. The van der Waals surface area contributed by atoms with Crippen molar-refractivity contribution in [3.8, 4) is 0 Å². The normalized spacial score (nSPS) is 12.2. The average molecular weight is 289 g/mol. The van der Waals surface area contributed by atoms with Crippen molar-refractivity contribution in [2.24, 2.45) is 0 Å². The average Bonchev–Trinajstić information content (AvgIpc) is 1.36. The van der Waals surface area contributed by atoms with Crippen LogP contribution in [0.1, 0.15) is 0 Å². The van der Waals surface area contributed by atoms with Crippen molar-refractivity contribution in [2.45, 2.75) is 0 Å². The molecule has 0 bridgehead atoms. The Balaban J connectivity index is 3.57. The first-order chi connectivity index (χ1) is 2.64. The van der Waals surface area contributed by atoms with Crippen LogP contribution in [0, 0.1) is 0 Å². The van der Waals surface area contributed by atoms with Crippen molar-refractivity contribution in [3.05, 3.63) is 0 Å². The second-order valence-corrected chi connectivity index (χ2v) is 22.3. The van der Waals surface area contributed by atoms with Crippen LogP contribution in [0.4, 0.5) is 0 Å². The zero-order valence-corrected chi connectivity index (χ0v) is 8.89. The Kier molecular flexibility index (Phi) is 5.66. The third kappa shape index (κ3) is 4.38. The molecule has 6 heteroatoms. The Labute approximate surface area is 61.8 Å². The van der Waals surface area contributed by atoms with Crippen LogP contribution < -0.4 is 0 Å². The molecule has 0 radical (unpaired) electrons. The van der Waals surface area contributed by atoms with Crippen molar-refractivity contribution in [1.29, 1.82) is 0 Å². The maximum absolute atomic E-state index is 4.66. The number of halogens is 1. The minimum absolute atomic E-state index is 0.316. The van der Waals surface area contributed by atoms with Gasteiger partial charge < -0.3 is 0 Å². The van der Waals surface area contributed by atoms with Crippen molar-refractivity contribution >= 4 is 62.8 Å². The summed E-state index contributed by atoms with van der Waals surface area (Å²) < 4.78 is 0. The van der Waals surface area contributed by atoms with Gasteiger partial charge in [-0.15, -0.1) is 0 Å². The first-order valence-corrected chi connectivity index (χ1v) is 12.9. The van der Waals surface area contributed by atoms with Crippen LogP contribution in [-0.2, 0) is 27.6 Å². The second kappa shape index (κ2) is 4.13. The third-order valence-electron chi connectivity index (χ3n) is 0.113. The van der Waals surface area contributed by atoms with Gasteiger partial charge in [-0.1, -0.05) is 0 Å². The molecule has 0 unspecified atom stereocenters. The maximum atomic E-state index is 4.66. The predicted octanol–water partition coefficient (Wildman–Crippen LogP) is 1.64. The third-order valence-corrected chi connectivity index (χ3v) is 20.4. The fourth-order valence-electron chi connectivity index (χ4n) is 0. The molecule has 0 N–H and O–H groups in total. The van der Waals surface area contributed by atoms with Crippen LogP contribution in [0.25, 0.3) is 0 Å². The van der Waals surface area contributed by atoms with Gasteiger partial charge >= 0.3 is 62.8 Å². The van der Waals surface area contributed by atoms with Crippen LogP contribution in [-0.4, -0.2) is 0 Å². The van der Waals surface area contributed by atoms with Gasteiger partial charge in [0.25, 0.3) is 0 Å². The monoisotopic (exact) mass is 289 g/mol. The van der Waals surface area contributed by atoms with Gasteiger partial charge in [-0.3, -0.25) is 0 Å². The summed E-state index contributed by atoms with van der Waals surface area (Å²) in [4.78, 5) is 0. The van der Waals surface area contributed by atoms with Gasteiger partial charge in [0.15, 0.2) is 0 Å². The van der Waals surface area contributed by atoms with Crippen LogP contribution in [0.3, 0.4) is 0 Å². The number of hydrogen-bond donors (Lipinski definition) is 2.